The zero-order valence-electron chi connectivity index (χ0n) is 21.0. The highest BCUT2D eigenvalue weighted by Gasteiger charge is 2.26. The van der Waals surface area contributed by atoms with Crippen molar-refractivity contribution < 1.29 is 22.4 Å². The van der Waals surface area contributed by atoms with Crippen LogP contribution in [-0.4, -0.2) is 50.5 Å². The molecule has 0 fully saturated rings. The average molecular weight is 506 g/mol. The van der Waals surface area contributed by atoms with Crippen molar-refractivity contribution in [3.8, 4) is 0 Å². The number of halogens is 1. The van der Waals surface area contributed by atoms with Gasteiger partial charge in [0.05, 0.1) is 11.9 Å². The Hall–Kier alpha value is -2.94. The molecule has 7 nitrogen and oxygen atoms in total. The predicted molar refractivity (Wildman–Crippen MR) is 137 cm³/mol. The third kappa shape index (κ3) is 8.98. The summed E-state index contributed by atoms with van der Waals surface area (Å²) in [4.78, 5) is 27.5. The van der Waals surface area contributed by atoms with Crippen LogP contribution in [0, 0.1) is 12.7 Å². The SMILES string of the molecule is CCCCNC(=O)[C@@H](C)N(Cc1ccc(C)cc1)C(=O)CCCN(c1ccc(F)cc1)S(C)(=O)=O. The number of hydrogen-bond acceptors (Lipinski definition) is 4. The number of nitrogens with one attached hydrogen (secondary N) is 1. The van der Waals surface area contributed by atoms with E-state index in [0.29, 0.717) is 12.2 Å². The number of nitrogens with zero attached hydrogens (tertiary/aromatic N) is 2. The number of rotatable bonds is 13. The van der Waals surface area contributed by atoms with Gasteiger partial charge in [-0.05, 0) is 56.5 Å². The number of sulfonamides is 1. The number of benzene rings is 2. The van der Waals surface area contributed by atoms with Crippen molar-refractivity contribution in [2.75, 3.05) is 23.7 Å². The molecule has 2 aromatic carbocycles. The van der Waals surface area contributed by atoms with Gasteiger partial charge in [0.25, 0.3) is 0 Å². The molecule has 2 amide bonds. The first-order valence-corrected chi connectivity index (χ1v) is 13.7. The zero-order chi connectivity index (χ0) is 26.0. The summed E-state index contributed by atoms with van der Waals surface area (Å²) in [6.07, 6.45) is 3.19. The highest BCUT2D eigenvalue weighted by atomic mass is 32.2. The fourth-order valence-electron chi connectivity index (χ4n) is 3.62. The van der Waals surface area contributed by atoms with E-state index in [4.69, 9.17) is 0 Å². The lowest BCUT2D eigenvalue weighted by atomic mass is 10.1. The standard InChI is InChI=1S/C26H36FN3O4S/c1-5-6-17-28-26(32)21(3)29(19-22-11-9-20(2)10-12-22)25(31)8-7-18-30(35(4,33)34)24-15-13-23(27)14-16-24/h9-16,21H,5-8,17-19H2,1-4H3,(H,28,32)/t21-/m1/s1. The molecule has 0 aliphatic heterocycles. The van der Waals surface area contributed by atoms with Crippen LogP contribution in [0.5, 0.6) is 0 Å². The molecule has 1 atom stereocenters. The van der Waals surface area contributed by atoms with Crippen molar-refractivity contribution in [3.05, 3.63) is 65.5 Å². The highest BCUT2D eigenvalue weighted by Crippen LogP contribution is 2.19. The van der Waals surface area contributed by atoms with Crippen molar-refractivity contribution >= 4 is 27.5 Å². The summed E-state index contributed by atoms with van der Waals surface area (Å²) in [5, 5.41) is 2.88. The molecule has 35 heavy (non-hydrogen) atoms. The Morgan fingerprint density at radius 2 is 1.66 bits per heavy atom. The molecule has 0 heterocycles. The van der Waals surface area contributed by atoms with Gasteiger partial charge in [-0.25, -0.2) is 12.8 Å². The number of unbranched alkanes of at least 4 members (excludes halogenated alkanes) is 1. The van der Waals surface area contributed by atoms with Crippen LogP contribution >= 0.6 is 0 Å². The van der Waals surface area contributed by atoms with E-state index in [1.807, 2.05) is 38.1 Å². The lowest BCUT2D eigenvalue weighted by Crippen LogP contribution is -2.48. The van der Waals surface area contributed by atoms with Crippen LogP contribution in [0.15, 0.2) is 48.5 Å². The normalized spacial score (nSPS) is 12.1. The fourth-order valence-corrected chi connectivity index (χ4v) is 4.59. The fraction of sp³-hybridized carbons (Fsp3) is 0.462. The maximum atomic E-state index is 13.3. The molecule has 0 spiro atoms. The third-order valence-corrected chi connectivity index (χ3v) is 6.93. The van der Waals surface area contributed by atoms with Gasteiger partial charge in [0.1, 0.15) is 11.9 Å². The van der Waals surface area contributed by atoms with E-state index in [0.717, 1.165) is 34.5 Å². The van der Waals surface area contributed by atoms with Gasteiger partial charge in [0, 0.05) is 26.1 Å². The van der Waals surface area contributed by atoms with Gasteiger partial charge in [0.15, 0.2) is 0 Å². The Morgan fingerprint density at radius 1 is 1.03 bits per heavy atom. The molecule has 9 heteroatoms. The van der Waals surface area contributed by atoms with E-state index in [-0.39, 0.29) is 37.7 Å². The molecule has 0 aliphatic rings. The Labute approximate surface area is 208 Å². The Kier molecular flexibility index (Phi) is 10.7. The van der Waals surface area contributed by atoms with Crippen molar-refractivity contribution in [1.82, 2.24) is 10.2 Å². The van der Waals surface area contributed by atoms with Crippen LogP contribution in [0.3, 0.4) is 0 Å². The first-order valence-electron chi connectivity index (χ1n) is 11.9. The van der Waals surface area contributed by atoms with Gasteiger partial charge >= 0.3 is 0 Å². The Balaban J connectivity index is 2.12. The van der Waals surface area contributed by atoms with E-state index in [9.17, 15) is 22.4 Å². The molecule has 0 bridgehead atoms. The first-order chi connectivity index (χ1) is 16.5. The number of carbonyl (C=O) groups is 2. The van der Waals surface area contributed by atoms with Crippen molar-refractivity contribution in [2.45, 2.75) is 59.0 Å². The number of amides is 2. The minimum atomic E-state index is -3.62. The quantitative estimate of drug-likeness (QED) is 0.417. The van der Waals surface area contributed by atoms with Crippen LogP contribution < -0.4 is 9.62 Å². The van der Waals surface area contributed by atoms with Crippen LogP contribution in [0.25, 0.3) is 0 Å². The smallest absolute Gasteiger partial charge is 0.242 e. The van der Waals surface area contributed by atoms with Crippen LogP contribution in [0.1, 0.15) is 50.7 Å². The molecule has 2 aromatic rings. The van der Waals surface area contributed by atoms with E-state index in [1.165, 1.54) is 29.2 Å². The predicted octanol–water partition coefficient (Wildman–Crippen LogP) is 4.01. The van der Waals surface area contributed by atoms with E-state index in [1.54, 1.807) is 6.92 Å². The largest absolute Gasteiger partial charge is 0.354 e. The van der Waals surface area contributed by atoms with E-state index < -0.39 is 21.9 Å². The second kappa shape index (κ2) is 13.2. The highest BCUT2D eigenvalue weighted by molar-refractivity contribution is 7.92. The summed E-state index contributed by atoms with van der Waals surface area (Å²) in [5.41, 5.74) is 2.33. The van der Waals surface area contributed by atoms with Crippen molar-refractivity contribution in [2.24, 2.45) is 0 Å². The van der Waals surface area contributed by atoms with Crippen molar-refractivity contribution in [3.63, 3.8) is 0 Å². The topological polar surface area (TPSA) is 86.8 Å². The molecule has 2 rings (SSSR count). The van der Waals surface area contributed by atoms with Gasteiger partial charge in [-0.15, -0.1) is 0 Å². The van der Waals surface area contributed by atoms with Crippen molar-refractivity contribution in [1.29, 1.82) is 0 Å². The maximum absolute atomic E-state index is 13.3. The zero-order valence-corrected chi connectivity index (χ0v) is 21.8. The summed E-state index contributed by atoms with van der Waals surface area (Å²) >= 11 is 0. The summed E-state index contributed by atoms with van der Waals surface area (Å²) in [6, 6.07) is 12.3. The molecular weight excluding hydrogens is 469 g/mol. The van der Waals surface area contributed by atoms with E-state index >= 15 is 0 Å². The van der Waals surface area contributed by atoms with Crippen LogP contribution in [0.4, 0.5) is 10.1 Å². The van der Waals surface area contributed by atoms with Gasteiger partial charge in [0.2, 0.25) is 21.8 Å². The van der Waals surface area contributed by atoms with E-state index in [2.05, 4.69) is 5.32 Å². The minimum Gasteiger partial charge on any atom is -0.354 e. The molecule has 0 saturated heterocycles. The third-order valence-electron chi connectivity index (χ3n) is 5.74. The summed E-state index contributed by atoms with van der Waals surface area (Å²) in [5.74, 6) is -0.922. The monoisotopic (exact) mass is 505 g/mol. The van der Waals surface area contributed by atoms with Gasteiger partial charge in [-0.1, -0.05) is 43.2 Å². The maximum Gasteiger partial charge on any atom is 0.242 e. The molecule has 0 aromatic heterocycles. The summed E-state index contributed by atoms with van der Waals surface area (Å²) < 4.78 is 39.0. The Morgan fingerprint density at radius 3 is 2.23 bits per heavy atom. The van der Waals surface area contributed by atoms with Gasteiger partial charge in [-0.3, -0.25) is 13.9 Å². The second-order valence-corrected chi connectivity index (χ2v) is 10.6. The second-order valence-electron chi connectivity index (χ2n) is 8.74. The van der Waals surface area contributed by atoms with Crippen LogP contribution in [-0.2, 0) is 26.2 Å². The Bertz CT molecular complexity index is 1070. The molecule has 192 valence electrons. The van der Waals surface area contributed by atoms with Gasteiger partial charge in [-0.2, -0.15) is 0 Å². The lowest BCUT2D eigenvalue weighted by molar-refractivity contribution is -0.140. The number of carbonyl (C=O) groups excluding carboxylic acids is 2. The van der Waals surface area contributed by atoms with Crippen LogP contribution in [0.2, 0.25) is 0 Å². The molecule has 1 N–H and O–H groups in total. The molecule has 0 radical (unpaired) electrons. The summed E-state index contributed by atoms with van der Waals surface area (Å²) in [7, 11) is -3.62. The number of anilines is 1. The average Bonchev–Trinajstić information content (AvgIpc) is 2.81. The number of hydrogen-bond donors (Lipinski definition) is 1. The molecule has 0 unspecified atom stereocenters. The number of aryl methyl sites for hydroxylation is 1. The summed E-state index contributed by atoms with van der Waals surface area (Å²) in [6.45, 7) is 6.60. The minimum absolute atomic E-state index is 0.0612. The molecule has 0 aliphatic carbocycles. The van der Waals surface area contributed by atoms with Gasteiger partial charge < -0.3 is 10.2 Å². The molecule has 0 saturated carbocycles. The first kappa shape index (κ1) is 28.3. The molecular formula is C26H36FN3O4S. The lowest BCUT2D eigenvalue weighted by Gasteiger charge is -2.29.